The van der Waals surface area contributed by atoms with Crippen molar-refractivity contribution in [3.05, 3.63) is 23.8 Å². The zero-order valence-corrected chi connectivity index (χ0v) is 13.5. The summed E-state index contributed by atoms with van der Waals surface area (Å²) in [5, 5.41) is 6.33. The fourth-order valence-corrected chi connectivity index (χ4v) is 2.80. The maximum Gasteiger partial charge on any atom is 0.220 e. The molecule has 22 heavy (non-hydrogen) atoms. The molecule has 0 saturated carbocycles. The Morgan fingerprint density at radius 1 is 1.23 bits per heavy atom. The quantitative estimate of drug-likeness (QED) is 0.806. The van der Waals surface area contributed by atoms with Gasteiger partial charge in [-0.3, -0.25) is 4.79 Å². The first-order valence-corrected chi connectivity index (χ1v) is 7.91. The van der Waals surface area contributed by atoms with Crippen LogP contribution >= 0.6 is 0 Å². The third-order valence-corrected chi connectivity index (χ3v) is 4.12. The number of ether oxygens (including phenoxy) is 2. The van der Waals surface area contributed by atoms with Crippen LogP contribution in [0.15, 0.2) is 18.2 Å². The number of amides is 1. The fraction of sp³-hybridized carbons (Fsp3) is 0.588. The van der Waals surface area contributed by atoms with Gasteiger partial charge in [-0.1, -0.05) is 6.07 Å². The molecule has 1 aromatic carbocycles. The molecule has 1 heterocycles. The highest BCUT2D eigenvalue weighted by Crippen LogP contribution is 2.27. The molecule has 0 spiro atoms. The van der Waals surface area contributed by atoms with Gasteiger partial charge in [0.05, 0.1) is 14.2 Å². The number of nitrogens with one attached hydrogen (secondary N) is 2. The predicted molar refractivity (Wildman–Crippen MR) is 86.5 cm³/mol. The topological polar surface area (TPSA) is 59.6 Å². The van der Waals surface area contributed by atoms with Gasteiger partial charge in [-0.05, 0) is 56.0 Å². The molecule has 1 aliphatic heterocycles. The van der Waals surface area contributed by atoms with Crippen LogP contribution in [-0.2, 0) is 11.2 Å². The van der Waals surface area contributed by atoms with E-state index in [1.165, 1.54) is 0 Å². The Bertz CT molecular complexity index is 485. The summed E-state index contributed by atoms with van der Waals surface area (Å²) in [6.45, 7) is 2.71. The lowest BCUT2D eigenvalue weighted by Gasteiger charge is -2.21. The molecule has 2 rings (SSSR count). The molecule has 0 aliphatic carbocycles. The maximum atomic E-state index is 11.9. The molecule has 1 fully saturated rings. The minimum absolute atomic E-state index is 0.160. The molecule has 0 bridgehead atoms. The van der Waals surface area contributed by atoms with Gasteiger partial charge in [0, 0.05) is 13.0 Å². The summed E-state index contributed by atoms with van der Waals surface area (Å²) in [7, 11) is 3.25. The lowest BCUT2D eigenvalue weighted by atomic mass is 9.94. The Kier molecular flexibility index (Phi) is 6.52. The number of piperidine rings is 1. The van der Waals surface area contributed by atoms with E-state index in [4.69, 9.17) is 9.47 Å². The Balaban J connectivity index is 1.74. The molecule has 122 valence electrons. The van der Waals surface area contributed by atoms with Crippen molar-refractivity contribution in [1.82, 2.24) is 10.6 Å². The van der Waals surface area contributed by atoms with Gasteiger partial charge >= 0.3 is 0 Å². The predicted octanol–water partition coefficient (Wildman–Crippen LogP) is 1.75. The molecule has 0 radical (unpaired) electrons. The van der Waals surface area contributed by atoms with E-state index in [1.54, 1.807) is 14.2 Å². The van der Waals surface area contributed by atoms with E-state index in [0.29, 0.717) is 18.9 Å². The highest BCUT2D eigenvalue weighted by Gasteiger charge is 2.16. The molecule has 0 unspecified atom stereocenters. The number of hydrogen-bond donors (Lipinski definition) is 2. The van der Waals surface area contributed by atoms with E-state index in [9.17, 15) is 4.79 Å². The summed E-state index contributed by atoms with van der Waals surface area (Å²) in [4.78, 5) is 11.9. The van der Waals surface area contributed by atoms with Crippen LogP contribution in [-0.4, -0.2) is 39.8 Å². The Hall–Kier alpha value is -1.75. The van der Waals surface area contributed by atoms with Crippen molar-refractivity contribution in [1.29, 1.82) is 0 Å². The van der Waals surface area contributed by atoms with Crippen molar-refractivity contribution in [3.8, 4) is 11.5 Å². The maximum absolute atomic E-state index is 11.9. The van der Waals surface area contributed by atoms with Gasteiger partial charge in [-0.25, -0.2) is 0 Å². The smallest absolute Gasteiger partial charge is 0.220 e. The second-order valence-corrected chi connectivity index (χ2v) is 5.69. The van der Waals surface area contributed by atoms with Crippen LogP contribution in [0.3, 0.4) is 0 Å². The largest absolute Gasteiger partial charge is 0.493 e. The van der Waals surface area contributed by atoms with E-state index in [-0.39, 0.29) is 5.91 Å². The zero-order chi connectivity index (χ0) is 15.8. The summed E-state index contributed by atoms with van der Waals surface area (Å²) in [6.07, 6.45) is 3.64. The average Bonchev–Trinajstić information content (AvgIpc) is 2.55. The molecule has 5 heteroatoms. The van der Waals surface area contributed by atoms with E-state index < -0.39 is 0 Å². The van der Waals surface area contributed by atoms with Crippen molar-refractivity contribution in [2.75, 3.05) is 33.9 Å². The van der Waals surface area contributed by atoms with Crippen LogP contribution < -0.4 is 20.1 Å². The minimum atomic E-state index is 0.160. The standard InChI is InChI=1S/C17H26N2O3/c1-21-15-4-3-13(11-16(15)22-2)7-10-19-17(20)12-14-5-8-18-9-6-14/h3-4,11,14,18H,5-10,12H2,1-2H3,(H,19,20). The zero-order valence-electron chi connectivity index (χ0n) is 13.5. The van der Waals surface area contributed by atoms with Gasteiger partial charge in [0.2, 0.25) is 5.91 Å². The normalized spacial score (nSPS) is 15.4. The summed E-state index contributed by atoms with van der Waals surface area (Å²) in [5.74, 6) is 2.14. The van der Waals surface area contributed by atoms with Gasteiger partial charge in [-0.2, -0.15) is 0 Å². The van der Waals surface area contributed by atoms with Crippen molar-refractivity contribution in [3.63, 3.8) is 0 Å². The van der Waals surface area contributed by atoms with E-state index >= 15 is 0 Å². The van der Waals surface area contributed by atoms with E-state index in [1.807, 2.05) is 18.2 Å². The van der Waals surface area contributed by atoms with Gasteiger partial charge in [0.25, 0.3) is 0 Å². The van der Waals surface area contributed by atoms with Gasteiger partial charge in [0.1, 0.15) is 0 Å². The van der Waals surface area contributed by atoms with Crippen LogP contribution in [0.2, 0.25) is 0 Å². The summed E-state index contributed by atoms with van der Waals surface area (Å²) >= 11 is 0. The third kappa shape index (κ3) is 4.91. The molecule has 5 nitrogen and oxygen atoms in total. The van der Waals surface area contributed by atoms with Crippen LogP contribution in [0.4, 0.5) is 0 Å². The summed E-state index contributed by atoms with van der Waals surface area (Å²) < 4.78 is 10.5. The Labute approximate surface area is 132 Å². The molecule has 1 aromatic rings. The highest BCUT2D eigenvalue weighted by atomic mass is 16.5. The second-order valence-electron chi connectivity index (χ2n) is 5.69. The number of carbonyl (C=O) groups is 1. The summed E-state index contributed by atoms with van der Waals surface area (Å²) in [6, 6.07) is 5.85. The van der Waals surface area contributed by atoms with Crippen LogP contribution in [0.5, 0.6) is 11.5 Å². The van der Waals surface area contributed by atoms with Gasteiger partial charge in [0.15, 0.2) is 11.5 Å². The van der Waals surface area contributed by atoms with Crippen molar-refractivity contribution in [2.45, 2.75) is 25.7 Å². The minimum Gasteiger partial charge on any atom is -0.493 e. The van der Waals surface area contributed by atoms with Gasteiger partial charge < -0.3 is 20.1 Å². The highest BCUT2D eigenvalue weighted by molar-refractivity contribution is 5.76. The molecule has 1 saturated heterocycles. The molecular formula is C17H26N2O3. The van der Waals surface area contributed by atoms with Crippen LogP contribution in [0.25, 0.3) is 0 Å². The second kappa shape index (κ2) is 8.63. The van der Waals surface area contributed by atoms with Gasteiger partial charge in [-0.15, -0.1) is 0 Å². The number of hydrogen-bond acceptors (Lipinski definition) is 4. The molecule has 0 aromatic heterocycles. The van der Waals surface area contributed by atoms with Crippen LogP contribution in [0.1, 0.15) is 24.8 Å². The first kappa shape index (κ1) is 16.6. The van der Waals surface area contributed by atoms with E-state index in [0.717, 1.165) is 49.4 Å². The summed E-state index contributed by atoms with van der Waals surface area (Å²) in [5.41, 5.74) is 1.12. The molecular weight excluding hydrogens is 280 g/mol. The molecule has 0 atom stereocenters. The van der Waals surface area contributed by atoms with Crippen LogP contribution in [0, 0.1) is 5.92 Å². The lowest BCUT2D eigenvalue weighted by molar-refractivity contribution is -0.122. The monoisotopic (exact) mass is 306 g/mol. The number of carbonyl (C=O) groups excluding carboxylic acids is 1. The number of methoxy groups -OCH3 is 2. The van der Waals surface area contributed by atoms with Crippen molar-refractivity contribution >= 4 is 5.91 Å². The van der Waals surface area contributed by atoms with E-state index in [2.05, 4.69) is 10.6 Å². The fourth-order valence-electron chi connectivity index (χ4n) is 2.80. The SMILES string of the molecule is COc1ccc(CCNC(=O)CC2CCNCC2)cc1OC. The molecule has 1 amide bonds. The number of benzene rings is 1. The first-order chi connectivity index (χ1) is 10.7. The van der Waals surface area contributed by atoms with Crippen molar-refractivity contribution in [2.24, 2.45) is 5.92 Å². The lowest BCUT2D eigenvalue weighted by Crippen LogP contribution is -2.33. The Morgan fingerprint density at radius 3 is 2.64 bits per heavy atom. The molecule has 1 aliphatic rings. The third-order valence-electron chi connectivity index (χ3n) is 4.12. The Morgan fingerprint density at radius 2 is 1.95 bits per heavy atom. The number of rotatable bonds is 7. The average molecular weight is 306 g/mol. The first-order valence-electron chi connectivity index (χ1n) is 7.91. The molecule has 2 N–H and O–H groups in total. The van der Waals surface area contributed by atoms with Crippen molar-refractivity contribution < 1.29 is 14.3 Å².